The highest BCUT2D eigenvalue weighted by molar-refractivity contribution is 5.95. The van der Waals surface area contributed by atoms with Crippen LogP contribution in [0.5, 0.6) is 17.2 Å². The molecule has 0 aliphatic heterocycles. The lowest BCUT2D eigenvalue weighted by atomic mass is 10.2. The SMILES string of the molecule is Cn1cc(C(F)(F)F)nc1-c1ccc(OCCC(O)NCCOc2ccc(O)c(C(N)=O)c2)cc1. The van der Waals surface area contributed by atoms with E-state index in [0.29, 0.717) is 23.6 Å². The molecule has 0 bridgehead atoms. The summed E-state index contributed by atoms with van der Waals surface area (Å²) in [7, 11) is 1.49. The number of aromatic nitrogens is 2. The number of carbonyl (C=O) groups excluding carboxylic acids is 1. The van der Waals surface area contributed by atoms with E-state index in [4.69, 9.17) is 15.2 Å². The Hall–Kier alpha value is -3.77. The molecule has 0 aliphatic carbocycles. The summed E-state index contributed by atoms with van der Waals surface area (Å²) in [6.07, 6.45) is -4.18. The zero-order valence-corrected chi connectivity index (χ0v) is 18.7. The topological polar surface area (TPSA) is 132 Å². The van der Waals surface area contributed by atoms with Crippen molar-refractivity contribution in [3.63, 3.8) is 0 Å². The van der Waals surface area contributed by atoms with E-state index in [2.05, 4.69) is 10.3 Å². The maximum atomic E-state index is 12.8. The van der Waals surface area contributed by atoms with Crippen LogP contribution in [0, 0.1) is 0 Å². The highest BCUT2D eigenvalue weighted by Crippen LogP contribution is 2.31. The van der Waals surface area contributed by atoms with Gasteiger partial charge < -0.3 is 30.0 Å². The van der Waals surface area contributed by atoms with Crippen molar-refractivity contribution in [2.24, 2.45) is 12.8 Å². The minimum atomic E-state index is -4.51. The number of halogens is 3. The van der Waals surface area contributed by atoms with Crippen molar-refractivity contribution >= 4 is 5.91 Å². The van der Waals surface area contributed by atoms with Crippen LogP contribution in [0.4, 0.5) is 13.2 Å². The second kappa shape index (κ2) is 11.1. The van der Waals surface area contributed by atoms with Crippen LogP contribution in [0.15, 0.2) is 48.7 Å². The van der Waals surface area contributed by atoms with Crippen LogP contribution < -0.4 is 20.5 Å². The molecule has 0 fully saturated rings. The number of amides is 1. The van der Waals surface area contributed by atoms with E-state index in [1.165, 1.54) is 29.8 Å². The molecule has 188 valence electrons. The fourth-order valence-electron chi connectivity index (χ4n) is 3.16. The molecule has 1 atom stereocenters. The Kier molecular flexibility index (Phi) is 8.20. The van der Waals surface area contributed by atoms with Gasteiger partial charge >= 0.3 is 6.18 Å². The minimum Gasteiger partial charge on any atom is -0.507 e. The Balaban J connectivity index is 1.39. The third-order valence-electron chi connectivity index (χ3n) is 4.92. The van der Waals surface area contributed by atoms with E-state index < -0.39 is 24.0 Å². The van der Waals surface area contributed by atoms with Gasteiger partial charge in [-0.05, 0) is 42.5 Å². The number of nitrogens with one attached hydrogen (secondary N) is 1. The standard InChI is InChI=1S/C23H25F3N4O5/c1-30-13-19(23(24,25)26)29-22(30)14-2-4-15(5-3-14)34-10-8-20(32)28-9-11-35-16-6-7-18(31)17(12-16)21(27)33/h2-7,12-13,20,28,31-32H,8-11H2,1H3,(H2,27,33). The van der Waals surface area contributed by atoms with Crippen molar-refractivity contribution in [3.8, 4) is 28.6 Å². The van der Waals surface area contributed by atoms with Gasteiger partial charge in [-0.15, -0.1) is 0 Å². The highest BCUT2D eigenvalue weighted by Gasteiger charge is 2.34. The summed E-state index contributed by atoms with van der Waals surface area (Å²) in [5.41, 5.74) is 4.67. The van der Waals surface area contributed by atoms with E-state index in [-0.39, 0.29) is 36.8 Å². The number of alkyl halides is 3. The summed E-state index contributed by atoms with van der Waals surface area (Å²) in [6.45, 7) is 0.673. The Morgan fingerprint density at radius 1 is 1.14 bits per heavy atom. The highest BCUT2D eigenvalue weighted by atomic mass is 19.4. The monoisotopic (exact) mass is 494 g/mol. The maximum absolute atomic E-state index is 12.8. The normalized spacial score (nSPS) is 12.4. The van der Waals surface area contributed by atoms with Crippen molar-refractivity contribution in [3.05, 3.63) is 59.9 Å². The lowest BCUT2D eigenvalue weighted by Crippen LogP contribution is -2.33. The number of hydrogen-bond acceptors (Lipinski definition) is 7. The number of carbonyl (C=O) groups is 1. The predicted molar refractivity (Wildman–Crippen MR) is 120 cm³/mol. The average Bonchev–Trinajstić information content (AvgIpc) is 3.20. The van der Waals surface area contributed by atoms with Gasteiger partial charge in [0.2, 0.25) is 0 Å². The number of aliphatic hydroxyl groups is 1. The average molecular weight is 494 g/mol. The van der Waals surface area contributed by atoms with Gasteiger partial charge in [0, 0.05) is 31.8 Å². The van der Waals surface area contributed by atoms with Crippen molar-refractivity contribution in [2.75, 3.05) is 19.8 Å². The summed E-state index contributed by atoms with van der Waals surface area (Å²) >= 11 is 0. The first-order valence-corrected chi connectivity index (χ1v) is 10.6. The molecular formula is C23H25F3N4O5. The molecule has 0 saturated carbocycles. The number of nitrogens with zero attached hydrogens (tertiary/aromatic N) is 2. The molecule has 3 rings (SSSR count). The summed E-state index contributed by atoms with van der Waals surface area (Å²) in [5, 5.41) is 22.4. The molecule has 5 N–H and O–H groups in total. The molecule has 1 aromatic heterocycles. The van der Waals surface area contributed by atoms with Gasteiger partial charge in [0.25, 0.3) is 5.91 Å². The van der Waals surface area contributed by atoms with Crippen molar-refractivity contribution in [1.29, 1.82) is 0 Å². The van der Waals surface area contributed by atoms with Crippen LogP contribution in [0.2, 0.25) is 0 Å². The smallest absolute Gasteiger partial charge is 0.434 e. The predicted octanol–water partition coefficient (Wildman–Crippen LogP) is 2.67. The number of imidazole rings is 1. The molecule has 35 heavy (non-hydrogen) atoms. The van der Waals surface area contributed by atoms with Crippen molar-refractivity contribution in [2.45, 2.75) is 18.8 Å². The van der Waals surface area contributed by atoms with Gasteiger partial charge in [-0.2, -0.15) is 13.2 Å². The maximum Gasteiger partial charge on any atom is 0.434 e. The number of hydrogen-bond donors (Lipinski definition) is 4. The largest absolute Gasteiger partial charge is 0.507 e. The first-order valence-electron chi connectivity index (χ1n) is 10.6. The van der Waals surface area contributed by atoms with Gasteiger partial charge in [-0.3, -0.25) is 10.1 Å². The van der Waals surface area contributed by atoms with Crippen LogP contribution in [0.25, 0.3) is 11.4 Å². The quantitative estimate of drug-likeness (QED) is 0.238. The summed E-state index contributed by atoms with van der Waals surface area (Å²) in [4.78, 5) is 14.9. The van der Waals surface area contributed by atoms with Gasteiger partial charge in [0.15, 0.2) is 5.69 Å². The molecule has 2 aromatic carbocycles. The lowest BCUT2D eigenvalue weighted by molar-refractivity contribution is -0.140. The third-order valence-corrected chi connectivity index (χ3v) is 4.92. The summed E-state index contributed by atoms with van der Waals surface area (Å²) < 4.78 is 50.9. The minimum absolute atomic E-state index is 0.0494. The number of aromatic hydroxyl groups is 1. The van der Waals surface area contributed by atoms with E-state index >= 15 is 0 Å². The van der Waals surface area contributed by atoms with E-state index in [1.54, 1.807) is 24.3 Å². The fraction of sp³-hybridized carbons (Fsp3) is 0.304. The van der Waals surface area contributed by atoms with E-state index in [9.17, 15) is 28.2 Å². The van der Waals surface area contributed by atoms with Gasteiger partial charge in [0.1, 0.15) is 35.9 Å². The molecule has 9 nitrogen and oxygen atoms in total. The van der Waals surface area contributed by atoms with Gasteiger partial charge in [0.05, 0.1) is 12.2 Å². The lowest BCUT2D eigenvalue weighted by Gasteiger charge is -2.14. The van der Waals surface area contributed by atoms with Crippen LogP contribution >= 0.6 is 0 Å². The number of benzene rings is 2. The number of phenols is 1. The van der Waals surface area contributed by atoms with Crippen LogP contribution in [-0.4, -0.2) is 51.7 Å². The Bertz CT molecular complexity index is 1150. The van der Waals surface area contributed by atoms with Crippen LogP contribution in [-0.2, 0) is 13.2 Å². The number of primary amides is 1. The molecular weight excluding hydrogens is 469 g/mol. The van der Waals surface area contributed by atoms with E-state index in [1.807, 2.05) is 0 Å². The first kappa shape index (κ1) is 25.8. The Morgan fingerprint density at radius 2 is 1.80 bits per heavy atom. The fourth-order valence-corrected chi connectivity index (χ4v) is 3.16. The number of ether oxygens (including phenoxy) is 2. The van der Waals surface area contributed by atoms with Crippen molar-refractivity contribution < 1.29 is 37.7 Å². The second-order valence-electron chi connectivity index (χ2n) is 7.58. The zero-order chi connectivity index (χ0) is 25.6. The summed E-state index contributed by atoms with van der Waals surface area (Å²) in [6, 6.07) is 10.6. The molecule has 1 amide bonds. The van der Waals surface area contributed by atoms with E-state index in [0.717, 1.165) is 6.20 Å². The van der Waals surface area contributed by atoms with Crippen LogP contribution in [0.1, 0.15) is 22.5 Å². The zero-order valence-electron chi connectivity index (χ0n) is 18.7. The summed E-state index contributed by atoms with van der Waals surface area (Å²) in [5.74, 6) is 0.0134. The molecule has 1 unspecified atom stereocenters. The van der Waals surface area contributed by atoms with Gasteiger partial charge in [-0.1, -0.05) is 0 Å². The Morgan fingerprint density at radius 3 is 2.43 bits per heavy atom. The third kappa shape index (κ3) is 7.11. The van der Waals surface area contributed by atoms with Crippen molar-refractivity contribution in [1.82, 2.24) is 14.9 Å². The molecule has 3 aromatic rings. The molecule has 1 heterocycles. The van der Waals surface area contributed by atoms with Crippen LogP contribution in [0.3, 0.4) is 0 Å². The molecule has 0 spiro atoms. The molecule has 0 saturated heterocycles. The van der Waals surface area contributed by atoms with Gasteiger partial charge in [-0.25, -0.2) is 4.98 Å². The number of aryl methyl sites for hydroxylation is 1. The number of rotatable bonds is 11. The number of nitrogens with two attached hydrogens (primary N) is 1. The first-order chi connectivity index (χ1) is 16.5. The molecule has 12 heteroatoms. The second-order valence-corrected chi connectivity index (χ2v) is 7.58. The molecule has 0 radical (unpaired) electrons. The Labute approximate surface area is 198 Å². The molecule has 0 aliphatic rings. The number of aliphatic hydroxyl groups excluding tert-OH is 1.